The molecule has 8 heteroatoms. The molecule has 0 atom stereocenters. The molecule has 1 saturated heterocycles. The summed E-state index contributed by atoms with van der Waals surface area (Å²) in [7, 11) is -2.03. The summed E-state index contributed by atoms with van der Waals surface area (Å²) in [6.07, 6.45) is 2.83. The van der Waals surface area contributed by atoms with Gasteiger partial charge in [0.25, 0.3) is 5.91 Å². The number of methoxy groups -OCH3 is 1. The second kappa shape index (κ2) is 8.29. The number of carbonyl (C=O) groups is 1. The monoisotopic (exact) mass is 408 g/mol. The molecule has 144 valence electrons. The molecule has 2 aromatic carbocycles. The fourth-order valence-corrected chi connectivity index (χ4v) is 4.69. The molecule has 1 amide bonds. The molecule has 3 rings (SSSR count). The van der Waals surface area contributed by atoms with Crippen molar-refractivity contribution in [3.05, 3.63) is 53.1 Å². The Balaban J connectivity index is 1.75. The van der Waals surface area contributed by atoms with Crippen LogP contribution in [0.1, 0.15) is 29.6 Å². The molecule has 0 unspecified atom stereocenters. The van der Waals surface area contributed by atoms with Gasteiger partial charge in [-0.3, -0.25) is 4.79 Å². The Bertz CT molecular complexity index is 923. The first-order valence-corrected chi connectivity index (χ1v) is 10.5. The van der Waals surface area contributed by atoms with Gasteiger partial charge >= 0.3 is 0 Å². The maximum absolute atomic E-state index is 12.7. The summed E-state index contributed by atoms with van der Waals surface area (Å²) in [6.45, 7) is 1.11. The zero-order chi connectivity index (χ0) is 19.4. The minimum atomic E-state index is -3.49. The Morgan fingerprint density at radius 2 is 1.74 bits per heavy atom. The average Bonchev–Trinajstić information content (AvgIpc) is 2.68. The zero-order valence-electron chi connectivity index (χ0n) is 14.9. The van der Waals surface area contributed by atoms with E-state index in [9.17, 15) is 13.2 Å². The van der Waals surface area contributed by atoms with Crippen LogP contribution in [0.25, 0.3) is 0 Å². The molecule has 1 fully saturated rings. The van der Waals surface area contributed by atoms with Gasteiger partial charge in [0.1, 0.15) is 5.75 Å². The van der Waals surface area contributed by atoms with Crippen LogP contribution in [0.2, 0.25) is 5.02 Å². The third kappa shape index (κ3) is 4.43. The van der Waals surface area contributed by atoms with Crippen molar-refractivity contribution in [1.29, 1.82) is 0 Å². The van der Waals surface area contributed by atoms with Crippen molar-refractivity contribution in [3.8, 4) is 5.75 Å². The van der Waals surface area contributed by atoms with Gasteiger partial charge in [-0.15, -0.1) is 0 Å². The first kappa shape index (κ1) is 19.7. The molecule has 0 radical (unpaired) electrons. The number of halogens is 1. The Labute approximate surface area is 164 Å². The normalized spacial score (nSPS) is 15.3. The molecule has 1 heterocycles. The topological polar surface area (TPSA) is 75.7 Å². The maximum atomic E-state index is 12.7. The van der Waals surface area contributed by atoms with Crippen LogP contribution in [0.5, 0.6) is 5.75 Å². The highest BCUT2D eigenvalue weighted by Crippen LogP contribution is 2.25. The summed E-state index contributed by atoms with van der Waals surface area (Å²) >= 11 is 5.91. The third-order valence-electron chi connectivity index (χ3n) is 4.47. The number of carbonyl (C=O) groups excluding carboxylic acids is 1. The summed E-state index contributed by atoms with van der Waals surface area (Å²) in [4.78, 5) is 12.7. The van der Waals surface area contributed by atoms with Crippen molar-refractivity contribution in [3.63, 3.8) is 0 Å². The van der Waals surface area contributed by atoms with Crippen LogP contribution >= 0.6 is 11.6 Å². The van der Waals surface area contributed by atoms with Crippen molar-refractivity contribution in [2.45, 2.75) is 24.2 Å². The lowest BCUT2D eigenvalue weighted by atomic mass is 10.2. The number of hydrogen-bond donors (Lipinski definition) is 1. The van der Waals surface area contributed by atoms with Crippen molar-refractivity contribution in [2.75, 3.05) is 25.5 Å². The number of nitrogens with one attached hydrogen (secondary N) is 1. The molecule has 0 bridgehead atoms. The maximum Gasteiger partial charge on any atom is 0.259 e. The van der Waals surface area contributed by atoms with E-state index in [-0.39, 0.29) is 10.8 Å². The number of piperidine rings is 1. The lowest BCUT2D eigenvalue weighted by Crippen LogP contribution is -2.35. The molecule has 1 N–H and O–H groups in total. The lowest BCUT2D eigenvalue weighted by molar-refractivity contribution is 0.102. The van der Waals surface area contributed by atoms with E-state index < -0.39 is 10.0 Å². The fraction of sp³-hybridized carbons (Fsp3) is 0.316. The van der Waals surface area contributed by atoms with Gasteiger partial charge in [-0.05, 0) is 55.3 Å². The number of sulfonamides is 1. The Morgan fingerprint density at radius 3 is 2.37 bits per heavy atom. The predicted molar refractivity (Wildman–Crippen MR) is 105 cm³/mol. The number of nitrogens with zero attached hydrogens (tertiary/aromatic N) is 1. The Kier molecular flexibility index (Phi) is 6.04. The van der Waals surface area contributed by atoms with E-state index in [1.165, 1.54) is 23.5 Å². The summed E-state index contributed by atoms with van der Waals surface area (Å²) in [5, 5.41) is 3.21. The molecule has 0 aromatic heterocycles. The Morgan fingerprint density at radius 1 is 1.07 bits per heavy atom. The zero-order valence-corrected chi connectivity index (χ0v) is 16.5. The van der Waals surface area contributed by atoms with Crippen LogP contribution < -0.4 is 10.1 Å². The van der Waals surface area contributed by atoms with Gasteiger partial charge in [-0.25, -0.2) is 8.42 Å². The predicted octanol–water partition coefficient (Wildman–Crippen LogP) is 3.78. The van der Waals surface area contributed by atoms with Gasteiger partial charge < -0.3 is 10.1 Å². The molecule has 1 aliphatic heterocycles. The van der Waals surface area contributed by atoms with Gasteiger partial charge in [0.05, 0.1) is 17.6 Å². The van der Waals surface area contributed by atoms with Crippen molar-refractivity contribution in [2.24, 2.45) is 0 Å². The van der Waals surface area contributed by atoms with Crippen LogP contribution in [0.3, 0.4) is 0 Å². The van der Waals surface area contributed by atoms with Gasteiger partial charge in [0.15, 0.2) is 0 Å². The number of amides is 1. The highest BCUT2D eigenvalue weighted by Gasteiger charge is 2.25. The van der Waals surface area contributed by atoms with Crippen LogP contribution in [-0.2, 0) is 10.0 Å². The minimum absolute atomic E-state index is 0.228. The number of rotatable bonds is 5. The van der Waals surface area contributed by atoms with Gasteiger partial charge in [0.2, 0.25) is 10.0 Å². The van der Waals surface area contributed by atoms with Gasteiger partial charge in [-0.2, -0.15) is 4.31 Å². The molecular weight excluding hydrogens is 388 g/mol. The van der Waals surface area contributed by atoms with Crippen LogP contribution in [0.4, 0.5) is 5.69 Å². The van der Waals surface area contributed by atoms with E-state index >= 15 is 0 Å². The van der Waals surface area contributed by atoms with Crippen LogP contribution in [-0.4, -0.2) is 38.8 Å². The highest BCUT2D eigenvalue weighted by atomic mass is 35.5. The van der Waals surface area contributed by atoms with Crippen LogP contribution in [0, 0.1) is 0 Å². The highest BCUT2D eigenvalue weighted by molar-refractivity contribution is 7.89. The third-order valence-corrected chi connectivity index (χ3v) is 6.62. The second-order valence-electron chi connectivity index (χ2n) is 6.29. The molecule has 2 aromatic rings. The quantitative estimate of drug-likeness (QED) is 0.816. The number of ether oxygens (including phenoxy) is 1. The summed E-state index contributed by atoms with van der Waals surface area (Å²) in [5.74, 6) is -0.000509. The smallest absolute Gasteiger partial charge is 0.259 e. The number of benzene rings is 2. The summed E-state index contributed by atoms with van der Waals surface area (Å²) < 4.78 is 32.0. The molecule has 6 nitrogen and oxygen atoms in total. The first-order valence-electron chi connectivity index (χ1n) is 8.67. The van der Waals surface area contributed by atoms with Crippen LogP contribution in [0.15, 0.2) is 47.4 Å². The second-order valence-corrected chi connectivity index (χ2v) is 8.66. The van der Waals surface area contributed by atoms with Gasteiger partial charge in [0, 0.05) is 23.8 Å². The van der Waals surface area contributed by atoms with E-state index in [4.69, 9.17) is 16.3 Å². The van der Waals surface area contributed by atoms with Crippen molar-refractivity contribution >= 4 is 33.2 Å². The van der Waals surface area contributed by atoms with Crippen molar-refractivity contribution in [1.82, 2.24) is 4.31 Å². The molecule has 1 aliphatic rings. The van der Waals surface area contributed by atoms with E-state index in [0.29, 0.717) is 35.1 Å². The average molecular weight is 409 g/mol. The Hall–Kier alpha value is -2.09. The molecule has 0 aliphatic carbocycles. The van der Waals surface area contributed by atoms with E-state index in [2.05, 4.69) is 5.32 Å². The standard InChI is InChI=1S/C19H21ClN2O4S/c1-26-18-13-14(20)5-10-17(18)19(23)21-15-6-8-16(9-7-15)27(24,25)22-11-3-2-4-12-22/h5-10,13H,2-4,11-12H2,1H3,(H,21,23). The first-order chi connectivity index (χ1) is 12.9. The SMILES string of the molecule is COc1cc(Cl)ccc1C(=O)Nc1ccc(S(=O)(=O)N2CCCCC2)cc1. The molecule has 0 spiro atoms. The fourth-order valence-electron chi connectivity index (χ4n) is 3.02. The summed E-state index contributed by atoms with van der Waals surface area (Å²) in [5.41, 5.74) is 0.835. The number of hydrogen-bond acceptors (Lipinski definition) is 4. The summed E-state index contributed by atoms with van der Waals surface area (Å²) in [6, 6.07) is 10.9. The van der Waals surface area contributed by atoms with E-state index in [1.54, 1.807) is 30.3 Å². The molecular formula is C19H21ClN2O4S. The minimum Gasteiger partial charge on any atom is -0.496 e. The van der Waals surface area contributed by atoms with E-state index in [1.807, 2.05) is 0 Å². The largest absolute Gasteiger partial charge is 0.496 e. The lowest BCUT2D eigenvalue weighted by Gasteiger charge is -2.25. The number of anilines is 1. The van der Waals surface area contributed by atoms with Gasteiger partial charge in [-0.1, -0.05) is 18.0 Å². The molecule has 27 heavy (non-hydrogen) atoms. The van der Waals surface area contributed by atoms with Crippen molar-refractivity contribution < 1.29 is 17.9 Å². The molecule has 0 saturated carbocycles. The van der Waals surface area contributed by atoms with E-state index in [0.717, 1.165) is 19.3 Å².